The highest BCUT2D eigenvalue weighted by atomic mass is 16.2. The van der Waals surface area contributed by atoms with Gasteiger partial charge in [-0.1, -0.05) is 18.2 Å². The summed E-state index contributed by atoms with van der Waals surface area (Å²) in [4.78, 5) is 30.9. The summed E-state index contributed by atoms with van der Waals surface area (Å²) in [6, 6.07) is 12.5. The molecule has 0 aliphatic carbocycles. The Morgan fingerprint density at radius 1 is 1.05 bits per heavy atom. The number of amides is 2. The highest BCUT2D eigenvalue weighted by Gasteiger charge is 2.15. The average Bonchev–Trinajstić information content (AvgIpc) is 2.97. The molecule has 1 heterocycles. The van der Waals surface area contributed by atoms with Gasteiger partial charge in [-0.05, 0) is 36.8 Å². The van der Waals surface area contributed by atoms with Crippen LogP contribution in [0, 0.1) is 6.92 Å². The highest BCUT2D eigenvalue weighted by molar-refractivity contribution is 6.43. The molecule has 0 radical (unpaired) electrons. The van der Waals surface area contributed by atoms with E-state index in [1.807, 2.05) is 19.1 Å². The molecule has 110 valence electrons. The van der Waals surface area contributed by atoms with Gasteiger partial charge in [0.2, 0.25) is 0 Å². The highest BCUT2D eigenvalue weighted by Crippen LogP contribution is 2.16. The number of H-pyrrole nitrogens is 1. The minimum Gasteiger partial charge on any atom is -0.345 e. The van der Waals surface area contributed by atoms with Crippen LogP contribution in [0.5, 0.6) is 0 Å². The molecule has 0 saturated heterocycles. The number of carbonyl (C=O) groups excluding carboxylic acids is 2. The van der Waals surface area contributed by atoms with Crippen LogP contribution in [0.3, 0.4) is 0 Å². The first-order valence-electron chi connectivity index (χ1n) is 6.74. The summed E-state index contributed by atoms with van der Waals surface area (Å²) in [5, 5.41) is 5.16. The summed E-state index contributed by atoms with van der Waals surface area (Å²) in [5.41, 5.74) is 3.62. The third-order valence-corrected chi connectivity index (χ3v) is 3.28. The fourth-order valence-electron chi connectivity index (χ4n) is 2.09. The Balaban J connectivity index is 1.70. The van der Waals surface area contributed by atoms with Crippen LogP contribution in [0.4, 0.5) is 11.4 Å². The van der Waals surface area contributed by atoms with Crippen LogP contribution in [0.2, 0.25) is 0 Å². The third kappa shape index (κ3) is 2.80. The number of benzene rings is 2. The molecule has 2 aromatic carbocycles. The molecule has 0 saturated carbocycles. The van der Waals surface area contributed by atoms with Crippen LogP contribution in [-0.2, 0) is 9.59 Å². The molecule has 6 nitrogen and oxygen atoms in total. The summed E-state index contributed by atoms with van der Waals surface area (Å²) >= 11 is 0. The minimum absolute atomic E-state index is 0.529. The average molecular weight is 294 g/mol. The van der Waals surface area contributed by atoms with Crippen LogP contribution in [0.1, 0.15) is 5.56 Å². The Morgan fingerprint density at radius 3 is 2.64 bits per heavy atom. The van der Waals surface area contributed by atoms with Crippen molar-refractivity contribution in [1.29, 1.82) is 0 Å². The topological polar surface area (TPSA) is 86.9 Å². The van der Waals surface area contributed by atoms with Gasteiger partial charge >= 0.3 is 11.8 Å². The Bertz CT molecular complexity index is 854. The minimum atomic E-state index is -0.720. The van der Waals surface area contributed by atoms with E-state index in [4.69, 9.17) is 0 Å². The molecule has 0 aliphatic heterocycles. The molecule has 3 N–H and O–H groups in total. The zero-order valence-electron chi connectivity index (χ0n) is 11.9. The lowest BCUT2D eigenvalue weighted by Crippen LogP contribution is -2.29. The van der Waals surface area contributed by atoms with Crippen molar-refractivity contribution in [1.82, 2.24) is 9.97 Å². The van der Waals surface area contributed by atoms with Crippen LogP contribution in [0.25, 0.3) is 11.0 Å². The maximum absolute atomic E-state index is 12.0. The van der Waals surface area contributed by atoms with E-state index in [2.05, 4.69) is 20.6 Å². The van der Waals surface area contributed by atoms with Gasteiger partial charge in [0.1, 0.15) is 0 Å². The number of para-hydroxylation sites is 1. The van der Waals surface area contributed by atoms with E-state index in [0.717, 1.165) is 16.6 Å². The normalized spacial score (nSPS) is 10.4. The van der Waals surface area contributed by atoms with Crippen molar-refractivity contribution in [2.75, 3.05) is 10.6 Å². The van der Waals surface area contributed by atoms with Crippen molar-refractivity contribution in [3.05, 3.63) is 54.4 Å². The van der Waals surface area contributed by atoms with Crippen LogP contribution < -0.4 is 10.6 Å². The van der Waals surface area contributed by atoms with E-state index in [1.54, 1.807) is 36.7 Å². The van der Waals surface area contributed by atoms with Crippen molar-refractivity contribution < 1.29 is 9.59 Å². The number of aryl methyl sites for hydroxylation is 1. The van der Waals surface area contributed by atoms with Gasteiger partial charge < -0.3 is 15.6 Å². The zero-order chi connectivity index (χ0) is 15.5. The summed E-state index contributed by atoms with van der Waals surface area (Å²) in [6.07, 6.45) is 1.57. The molecule has 0 unspecified atom stereocenters. The van der Waals surface area contributed by atoms with Crippen LogP contribution >= 0.6 is 0 Å². The molecule has 0 spiro atoms. The molecule has 3 rings (SSSR count). The molecule has 0 atom stereocenters. The zero-order valence-corrected chi connectivity index (χ0v) is 11.9. The Labute approximate surface area is 126 Å². The number of aromatic amines is 1. The summed E-state index contributed by atoms with van der Waals surface area (Å²) in [7, 11) is 0. The fraction of sp³-hybridized carbons (Fsp3) is 0.0625. The lowest BCUT2D eigenvalue weighted by atomic mass is 10.2. The van der Waals surface area contributed by atoms with Gasteiger partial charge in [-0.2, -0.15) is 0 Å². The van der Waals surface area contributed by atoms with E-state index in [1.165, 1.54) is 0 Å². The maximum Gasteiger partial charge on any atom is 0.314 e. The molecule has 22 heavy (non-hydrogen) atoms. The Kier molecular flexibility index (Phi) is 3.57. The molecule has 2 amide bonds. The SMILES string of the molecule is Cc1ccccc1NC(=O)C(=O)Nc1ccc2nc[nH]c2c1. The molecule has 0 fully saturated rings. The second-order valence-electron chi connectivity index (χ2n) is 4.86. The number of fused-ring (bicyclic) bond motifs is 1. The number of aromatic nitrogens is 2. The number of nitrogens with zero attached hydrogens (tertiary/aromatic N) is 1. The van der Waals surface area contributed by atoms with Crippen molar-refractivity contribution >= 4 is 34.2 Å². The van der Waals surface area contributed by atoms with Gasteiger partial charge in [-0.3, -0.25) is 9.59 Å². The molecule has 0 bridgehead atoms. The third-order valence-electron chi connectivity index (χ3n) is 3.28. The second-order valence-corrected chi connectivity index (χ2v) is 4.86. The van der Waals surface area contributed by atoms with Gasteiger partial charge in [-0.25, -0.2) is 4.98 Å². The molecule has 1 aromatic heterocycles. The maximum atomic E-state index is 12.0. The second kappa shape index (κ2) is 5.69. The van der Waals surface area contributed by atoms with E-state index >= 15 is 0 Å². The van der Waals surface area contributed by atoms with Crippen LogP contribution in [0.15, 0.2) is 48.8 Å². The van der Waals surface area contributed by atoms with Gasteiger partial charge in [-0.15, -0.1) is 0 Å². The molecular weight excluding hydrogens is 280 g/mol. The molecule has 0 aliphatic rings. The van der Waals surface area contributed by atoms with Crippen molar-refractivity contribution in [2.45, 2.75) is 6.92 Å². The quantitative estimate of drug-likeness (QED) is 0.634. The number of anilines is 2. The van der Waals surface area contributed by atoms with E-state index < -0.39 is 11.8 Å². The largest absolute Gasteiger partial charge is 0.345 e. The van der Waals surface area contributed by atoms with Crippen molar-refractivity contribution in [3.63, 3.8) is 0 Å². The summed E-state index contributed by atoms with van der Waals surface area (Å²) in [5.74, 6) is -1.43. The predicted molar refractivity (Wildman–Crippen MR) is 84.5 cm³/mol. The fourth-order valence-corrected chi connectivity index (χ4v) is 2.09. The van der Waals surface area contributed by atoms with Crippen LogP contribution in [-0.4, -0.2) is 21.8 Å². The van der Waals surface area contributed by atoms with Gasteiger partial charge in [0.05, 0.1) is 17.4 Å². The monoisotopic (exact) mass is 294 g/mol. The molecular formula is C16H14N4O2. The van der Waals surface area contributed by atoms with Gasteiger partial charge in [0.15, 0.2) is 0 Å². The standard InChI is InChI=1S/C16H14N4O2/c1-10-4-2-3-5-12(10)20-16(22)15(21)19-11-6-7-13-14(8-11)18-9-17-13/h2-9H,1H3,(H,17,18)(H,19,21)(H,20,22). The Morgan fingerprint density at radius 2 is 1.82 bits per heavy atom. The molecule has 6 heteroatoms. The summed E-state index contributed by atoms with van der Waals surface area (Å²) in [6.45, 7) is 1.86. The number of hydrogen-bond acceptors (Lipinski definition) is 3. The van der Waals surface area contributed by atoms with E-state index in [0.29, 0.717) is 11.4 Å². The predicted octanol–water partition coefficient (Wildman–Crippen LogP) is 2.45. The number of rotatable bonds is 2. The van der Waals surface area contributed by atoms with Gasteiger partial charge in [0, 0.05) is 11.4 Å². The number of nitrogens with one attached hydrogen (secondary N) is 3. The van der Waals surface area contributed by atoms with E-state index in [-0.39, 0.29) is 0 Å². The lowest BCUT2D eigenvalue weighted by Gasteiger charge is -2.08. The number of imidazole rings is 1. The van der Waals surface area contributed by atoms with Crippen molar-refractivity contribution in [2.24, 2.45) is 0 Å². The number of carbonyl (C=O) groups is 2. The Hall–Kier alpha value is -3.15. The first kappa shape index (κ1) is 13.8. The lowest BCUT2D eigenvalue weighted by molar-refractivity contribution is -0.133. The molecule has 3 aromatic rings. The smallest absolute Gasteiger partial charge is 0.314 e. The number of hydrogen-bond donors (Lipinski definition) is 3. The first-order chi connectivity index (χ1) is 10.6. The van der Waals surface area contributed by atoms with E-state index in [9.17, 15) is 9.59 Å². The van der Waals surface area contributed by atoms with Crippen molar-refractivity contribution in [3.8, 4) is 0 Å². The summed E-state index contributed by atoms with van der Waals surface area (Å²) < 4.78 is 0. The van der Waals surface area contributed by atoms with Gasteiger partial charge in [0.25, 0.3) is 0 Å². The first-order valence-corrected chi connectivity index (χ1v) is 6.74.